The smallest absolute Gasteiger partial charge is 0.229 e. The van der Waals surface area contributed by atoms with Crippen molar-refractivity contribution in [1.29, 1.82) is 0 Å². The third-order valence-corrected chi connectivity index (χ3v) is 6.33. The summed E-state index contributed by atoms with van der Waals surface area (Å²) in [4.78, 5) is 21.2. The number of rotatable bonds is 9. The minimum absolute atomic E-state index is 0.225. The van der Waals surface area contributed by atoms with Crippen molar-refractivity contribution in [3.8, 4) is 0 Å². The summed E-state index contributed by atoms with van der Waals surface area (Å²) < 4.78 is 15.1. The Hall–Kier alpha value is -3.11. The van der Waals surface area contributed by atoms with Crippen molar-refractivity contribution in [3.05, 3.63) is 57.0 Å². The number of aromatic amines is 1. The second kappa shape index (κ2) is 10.9. The predicted octanol–water partition coefficient (Wildman–Crippen LogP) is 5.43. The molecule has 0 aliphatic carbocycles. The van der Waals surface area contributed by atoms with Gasteiger partial charge in [0.2, 0.25) is 5.95 Å². The zero-order valence-electron chi connectivity index (χ0n) is 19.2. The van der Waals surface area contributed by atoms with E-state index in [0.29, 0.717) is 34.8 Å². The first-order chi connectivity index (χ1) is 16.4. The SMILES string of the molecule is Cc1cc(Nc2nc(Nc3cc(C)c(C4CCN(CCCN=O)CC4)cc3F)ncc2Cl)n[nH]1. The van der Waals surface area contributed by atoms with E-state index in [-0.39, 0.29) is 11.8 Å². The van der Waals surface area contributed by atoms with Crippen LogP contribution in [0.15, 0.2) is 29.6 Å². The van der Waals surface area contributed by atoms with Gasteiger partial charge in [0.15, 0.2) is 11.6 Å². The molecule has 11 heteroatoms. The number of piperidine rings is 1. The topological polar surface area (TPSA) is 111 Å². The van der Waals surface area contributed by atoms with Crippen LogP contribution in [0.2, 0.25) is 5.02 Å². The fourth-order valence-electron chi connectivity index (χ4n) is 4.30. The normalized spacial score (nSPS) is 14.8. The summed E-state index contributed by atoms with van der Waals surface area (Å²) in [5.41, 5.74) is 3.26. The molecule has 3 N–H and O–H groups in total. The fourth-order valence-corrected chi connectivity index (χ4v) is 4.44. The fraction of sp³-hybridized carbons (Fsp3) is 0.435. The van der Waals surface area contributed by atoms with Gasteiger partial charge in [0.05, 0.1) is 18.4 Å². The summed E-state index contributed by atoms with van der Waals surface area (Å²) in [6.07, 6.45) is 4.16. The first kappa shape index (κ1) is 24.0. The molecule has 0 radical (unpaired) electrons. The standard InChI is InChI=1S/C23H28ClFN8O/c1-14-10-20(19(25)12-17(14)16-4-8-33(9-5-16)7-3-6-27-34)28-23-26-13-18(24)22(30-23)29-21-11-15(2)31-32-21/h10-13,16H,3-9H2,1-2H3,(H3,26,28,29,30,31,32). The maximum atomic E-state index is 15.1. The van der Waals surface area contributed by atoms with Crippen LogP contribution >= 0.6 is 11.6 Å². The molecule has 3 heterocycles. The molecule has 0 unspecified atom stereocenters. The maximum Gasteiger partial charge on any atom is 0.229 e. The van der Waals surface area contributed by atoms with Crippen LogP contribution in [0.3, 0.4) is 0 Å². The summed E-state index contributed by atoms with van der Waals surface area (Å²) in [5.74, 6) is 1.13. The van der Waals surface area contributed by atoms with Gasteiger partial charge in [-0.3, -0.25) is 5.10 Å². The highest BCUT2D eigenvalue weighted by atomic mass is 35.5. The Balaban J connectivity index is 1.43. The number of H-pyrrole nitrogens is 1. The van der Waals surface area contributed by atoms with E-state index in [2.05, 4.69) is 40.9 Å². The van der Waals surface area contributed by atoms with E-state index in [1.54, 1.807) is 12.1 Å². The molecule has 1 fully saturated rings. The number of hydrogen-bond acceptors (Lipinski definition) is 8. The molecule has 180 valence electrons. The minimum Gasteiger partial charge on any atom is -0.322 e. The Labute approximate surface area is 202 Å². The van der Waals surface area contributed by atoms with Crippen molar-refractivity contribution in [2.45, 2.75) is 39.0 Å². The Morgan fingerprint density at radius 1 is 1.24 bits per heavy atom. The molecule has 1 aliphatic heterocycles. The molecule has 2 aromatic heterocycles. The molecule has 4 rings (SSSR count). The van der Waals surface area contributed by atoms with Crippen LogP contribution in [0.25, 0.3) is 0 Å². The number of likely N-dealkylation sites (tertiary alicyclic amines) is 1. The molecule has 34 heavy (non-hydrogen) atoms. The number of nitroso groups, excluding NO2 is 1. The van der Waals surface area contributed by atoms with Crippen LogP contribution < -0.4 is 10.6 Å². The number of aryl methyl sites for hydroxylation is 2. The quantitative estimate of drug-likeness (QED) is 0.273. The van der Waals surface area contributed by atoms with Gasteiger partial charge < -0.3 is 15.5 Å². The van der Waals surface area contributed by atoms with E-state index in [9.17, 15) is 4.91 Å². The third kappa shape index (κ3) is 5.87. The van der Waals surface area contributed by atoms with Gasteiger partial charge in [-0.1, -0.05) is 16.8 Å². The van der Waals surface area contributed by atoms with Crippen molar-refractivity contribution in [2.75, 3.05) is 36.8 Å². The molecule has 1 saturated heterocycles. The van der Waals surface area contributed by atoms with Gasteiger partial charge in [-0.05, 0) is 75.4 Å². The van der Waals surface area contributed by atoms with Crippen LogP contribution in [0, 0.1) is 24.6 Å². The lowest BCUT2D eigenvalue weighted by atomic mass is 9.86. The summed E-state index contributed by atoms with van der Waals surface area (Å²) in [6.45, 7) is 7.00. The predicted molar refractivity (Wildman–Crippen MR) is 132 cm³/mol. The van der Waals surface area contributed by atoms with Gasteiger partial charge in [-0.2, -0.15) is 15.0 Å². The van der Waals surface area contributed by atoms with E-state index in [4.69, 9.17) is 11.6 Å². The van der Waals surface area contributed by atoms with Gasteiger partial charge in [0, 0.05) is 18.3 Å². The molecule has 1 aliphatic rings. The van der Waals surface area contributed by atoms with E-state index in [1.807, 2.05) is 19.9 Å². The van der Waals surface area contributed by atoms with Crippen molar-refractivity contribution >= 4 is 34.9 Å². The van der Waals surface area contributed by atoms with Crippen molar-refractivity contribution in [2.24, 2.45) is 5.18 Å². The van der Waals surface area contributed by atoms with E-state index in [0.717, 1.165) is 55.7 Å². The lowest BCUT2D eigenvalue weighted by molar-refractivity contribution is 0.211. The first-order valence-electron chi connectivity index (χ1n) is 11.3. The number of nitrogens with one attached hydrogen (secondary N) is 3. The van der Waals surface area contributed by atoms with Crippen molar-refractivity contribution < 1.29 is 4.39 Å². The Morgan fingerprint density at radius 2 is 2.03 bits per heavy atom. The highest BCUT2D eigenvalue weighted by molar-refractivity contribution is 6.32. The number of anilines is 4. The molecule has 9 nitrogen and oxygen atoms in total. The van der Waals surface area contributed by atoms with Gasteiger partial charge in [-0.25, -0.2) is 9.37 Å². The Morgan fingerprint density at radius 3 is 2.74 bits per heavy atom. The molecule has 0 atom stereocenters. The largest absolute Gasteiger partial charge is 0.322 e. The molecular formula is C23H28ClFN8O. The molecule has 0 saturated carbocycles. The van der Waals surface area contributed by atoms with Gasteiger partial charge >= 0.3 is 0 Å². The monoisotopic (exact) mass is 486 g/mol. The number of nitrogens with zero attached hydrogens (tertiary/aromatic N) is 5. The van der Waals surface area contributed by atoms with Crippen molar-refractivity contribution in [1.82, 2.24) is 25.1 Å². The van der Waals surface area contributed by atoms with E-state index >= 15 is 4.39 Å². The second-order valence-electron chi connectivity index (χ2n) is 8.59. The lowest BCUT2D eigenvalue weighted by Gasteiger charge is -2.32. The Kier molecular flexibility index (Phi) is 7.69. The average molecular weight is 487 g/mol. The number of aromatic nitrogens is 4. The van der Waals surface area contributed by atoms with Gasteiger partial charge in [0.25, 0.3) is 0 Å². The van der Waals surface area contributed by atoms with Gasteiger partial charge in [-0.15, -0.1) is 0 Å². The maximum absolute atomic E-state index is 15.1. The third-order valence-electron chi connectivity index (χ3n) is 6.05. The zero-order valence-corrected chi connectivity index (χ0v) is 20.0. The second-order valence-corrected chi connectivity index (χ2v) is 8.99. The number of benzene rings is 1. The van der Waals surface area contributed by atoms with Gasteiger partial charge in [0.1, 0.15) is 10.8 Å². The molecule has 0 amide bonds. The summed E-state index contributed by atoms with van der Waals surface area (Å²) in [5, 5.41) is 16.2. The molecule has 0 spiro atoms. The number of hydrogen-bond donors (Lipinski definition) is 3. The lowest BCUT2D eigenvalue weighted by Crippen LogP contribution is -2.34. The van der Waals surface area contributed by atoms with E-state index in [1.165, 1.54) is 6.20 Å². The zero-order chi connectivity index (χ0) is 24.1. The van der Waals surface area contributed by atoms with E-state index < -0.39 is 0 Å². The summed E-state index contributed by atoms with van der Waals surface area (Å²) >= 11 is 6.22. The summed E-state index contributed by atoms with van der Waals surface area (Å²) in [6, 6.07) is 5.24. The summed E-state index contributed by atoms with van der Waals surface area (Å²) in [7, 11) is 0. The van der Waals surface area contributed by atoms with Crippen LogP contribution in [0.1, 0.15) is 42.0 Å². The molecule has 1 aromatic carbocycles. The number of halogens is 2. The molecular weight excluding hydrogens is 459 g/mol. The van der Waals surface area contributed by atoms with Crippen molar-refractivity contribution in [3.63, 3.8) is 0 Å². The molecule has 3 aromatic rings. The van der Waals surface area contributed by atoms with Crippen LogP contribution in [0.4, 0.5) is 27.7 Å². The highest BCUT2D eigenvalue weighted by Gasteiger charge is 2.23. The minimum atomic E-state index is -0.351. The highest BCUT2D eigenvalue weighted by Crippen LogP contribution is 2.34. The van der Waals surface area contributed by atoms with Crippen LogP contribution in [-0.2, 0) is 0 Å². The van der Waals surface area contributed by atoms with Crippen LogP contribution in [0.5, 0.6) is 0 Å². The molecule has 0 bridgehead atoms. The average Bonchev–Trinajstić information content (AvgIpc) is 3.23. The Bertz CT molecular complexity index is 1150. The first-order valence-corrected chi connectivity index (χ1v) is 11.7. The van der Waals surface area contributed by atoms with Crippen LogP contribution in [-0.4, -0.2) is 51.2 Å².